The highest BCUT2D eigenvalue weighted by atomic mass is 35.5. The third-order valence-electron chi connectivity index (χ3n) is 6.36. The van der Waals surface area contributed by atoms with E-state index in [0.717, 1.165) is 40.5 Å². The minimum Gasteiger partial charge on any atom is -0.318 e. The number of aromatic nitrogens is 1. The summed E-state index contributed by atoms with van der Waals surface area (Å²) in [5, 5.41) is 16.3. The normalized spacial score (nSPS) is 20.4. The molecule has 0 atom stereocenters. The fraction of sp³-hybridized carbons (Fsp3) is 0.333. The quantitative estimate of drug-likeness (QED) is 0.537. The van der Waals surface area contributed by atoms with E-state index in [1.54, 1.807) is 18.2 Å². The van der Waals surface area contributed by atoms with E-state index in [0.29, 0.717) is 11.1 Å². The second-order valence-corrected chi connectivity index (χ2v) is 9.95. The number of benzene rings is 1. The number of fused-ring (bicyclic) bond motifs is 1. The molecule has 9 heteroatoms. The van der Waals surface area contributed by atoms with Gasteiger partial charge in [0.05, 0.1) is 10.6 Å². The number of carbonyl (C=O) groups excluding carboxylic acids is 1. The van der Waals surface area contributed by atoms with Crippen molar-refractivity contribution in [3.8, 4) is 5.69 Å². The number of hydrazone groups is 1. The number of nitrogens with one attached hydrogen (secondary N) is 1. The average Bonchev–Trinajstić information content (AvgIpc) is 3.34. The Labute approximate surface area is 200 Å². The summed E-state index contributed by atoms with van der Waals surface area (Å²) in [6, 6.07) is 6.49. The first kappa shape index (κ1) is 22.1. The molecule has 0 saturated heterocycles. The van der Waals surface area contributed by atoms with Crippen molar-refractivity contribution in [2.75, 3.05) is 0 Å². The molecule has 6 nitrogen and oxygen atoms in total. The lowest BCUT2D eigenvalue weighted by atomic mass is 9.90. The zero-order valence-corrected chi connectivity index (χ0v) is 19.9. The summed E-state index contributed by atoms with van der Waals surface area (Å²) in [4.78, 5) is 17.1. The molecule has 1 aromatic carbocycles. The van der Waals surface area contributed by atoms with Gasteiger partial charge in [-0.15, -0.1) is 0 Å². The minimum absolute atomic E-state index is 0.0398. The third kappa shape index (κ3) is 3.95. The topological polar surface area (TPSA) is 73.8 Å². The molecule has 5 rings (SSSR count). The Balaban J connectivity index is 1.48. The van der Waals surface area contributed by atoms with Crippen LogP contribution in [-0.4, -0.2) is 31.5 Å². The summed E-state index contributed by atoms with van der Waals surface area (Å²) >= 11 is 7.40. The van der Waals surface area contributed by atoms with Crippen molar-refractivity contribution in [3.05, 3.63) is 57.6 Å². The van der Waals surface area contributed by atoms with E-state index >= 15 is 0 Å². The van der Waals surface area contributed by atoms with Gasteiger partial charge in [-0.3, -0.25) is 10.2 Å². The molecule has 1 fully saturated rings. The van der Waals surface area contributed by atoms with Crippen molar-refractivity contribution < 1.29 is 9.18 Å². The number of amides is 1. The summed E-state index contributed by atoms with van der Waals surface area (Å²) in [7, 11) is 0. The highest BCUT2D eigenvalue weighted by molar-refractivity contribution is 8.27. The van der Waals surface area contributed by atoms with E-state index < -0.39 is 11.7 Å². The first-order valence-electron chi connectivity index (χ1n) is 11.0. The Morgan fingerprint density at radius 1 is 1.21 bits per heavy atom. The van der Waals surface area contributed by atoms with Gasteiger partial charge in [0.25, 0.3) is 5.91 Å². The van der Waals surface area contributed by atoms with Gasteiger partial charge in [-0.2, -0.15) is 15.1 Å². The summed E-state index contributed by atoms with van der Waals surface area (Å²) in [5.74, 6) is -0.489. The summed E-state index contributed by atoms with van der Waals surface area (Å²) in [6.45, 7) is 3.84. The molecule has 2 aliphatic heterocycles. The van der Waals surface area contributed by atoms with Gasteiger partial charge in [-0.05, 0) is 74.4 Å². The van der Waals surface area contributed by atoms with Crippen LogP contribution in [0.4, 0.5) is 4.39 Å². The summed E-state index contributed by atoms with van der Waals surface area (Å²) in [5.41, 5.74) is 3.45. The summed E-state index contributed by atoms with van der Waals surface area (Å²) < 4.78 is 15.6. The number of aryl methyl sites for hydroxylation is 1. The number of hydrogen-bond donors (Lipinski definition) is 1. The third-order valence-corrected chi connectivity index (χ3v) is 7.72. The van der Waals surface area contributed by atoms with Crippen LogP contribution in [0.2, 0.25) is 5.02 Å². The maximum atomic E-state index is 13.6. The Hall–Kier alpha value is -2.71. The predicted molar refractivity (Wildman–Crippen MR) is 132 cm³/mol. The van der Waals surface area contributed by atoms with E-state index in [1.165, 1.54) is 42.1 Å². The smallest absolute Gasteiger partial charge is 0.283 e. The van der Waals surface area contributed by atoms with Crippen molar-refractivity contribution in [1.82, 2.24) is 9.58 Å². The van der Waals surface area contributed by atoms with Crippen LogP contribution < -0.4 is 0 Å². The first-order valence-corrected chi connectivity index (χ1v) is 12.2. The molecule has 0 radical (unpaired) electrons. The minimum atomic E-state index is -0.475. The van der Waals surface area contributed by atoms with Gasteiger partial charge in [0.15, 0.2) is 5.84 Å². The van der Waals surface area contributed by atoms with E-state index in [2.05, 4.69) is 10.1 Å². The molecule has 2 aromatic rings. The van der Waals surface area contributed by atoms with Crippen molar-refractivity contribution >= 4 is 51.4 Å². The number of halogens is 2. The molecule has 1 amide bonds. The molecule has 1 N–H and O–H groups in total. The zero-order valence-electron chi connectivity index (χ0n) is 18.4. The highest BCUT2D eigenvalue weighted by Gasteiger charge is 2.38. The van der Waals surface area contributed by atoms with Crippen molar-refractivity contribution in [1.29, 1.82) is 5.41 Å². The van der Waals surface area contributed by atoms with Gasteiger partial charge in [-0.1, -0.05) is 30.9 Å². The van der Waals surface area contributed by atoms with Crippen LogP contribution >= 0.6 is 23.4 Å². The molecule has 3 heterocycles. The summed E-state index contributed by atoms with van der Waals surface area (Å²) in [6.07, 6.45) is 7.50. The van der Waals surface area contributed by atoms with Crippen LogP contribution in [0.3, 0.4) is 0 Å². The molecule has 0 bridgehead atoms. The van der Waals surface area contributed by atoms with E-state index in [4.69, 9.17) is 17.0 Å². The zero-order chi connectivity index (χ0) is 23.3. The molecule has 0 spiro atoms. The number of carbonyl (C=O) groups is 1. The monoisotopic (exact) mass is 483 g/mol. The van der Waals surface area contributed by atoms with Gasteiger partial charge < -0.3 is 4.57 Å². The van der Waals surface area contributed by atoms with Gasteiger partial charge in [0, 0.05) is 23.0 Å². The number of amidine groups is 2. The van der Waals surface area contributed by atoms with E-state index in [-0.39, 0.29) is 16.4 Å². The number of aliphatic imine (C=N–C) groups is 1. The molecule has 0 unspecified atom stereocenters. The molecular formula is C24H23ClFN5OS. The number of rotatable bonds is 3. The standard InChI is InChI=1S/C24H23ClFN5OS/c1-13-10-16(14(2)30(13)17-8-9-20(26)19(25)12-17)11-18-21(27)31-24(28-22(18)32)33-23(29-31)15-6-4-3-5-7-15/h8-12,15,27H,3-7H2,1-2H3. The van der Waals surface area contributed by atoms with Crippen LogP contribution in [0.5, 0.6) is 0 Å². The maximum absolute atomic E-state index is 13.6. The van der Waals surface area contributed by atoms with Crippen LogP contribution in [0, 0.1) is 31.0 Å². The Morgan fingerprint density at radius 3 is 2.70 bits per heavy atom. The van der Waals surface area contributed by atoms with Gasteiger partial charge >= 0.3 is 0 Å². The van der Waals surface area contributed by atoms with Crippen LogP contribution in [0.25, 0.3) is 11.8 Å². The van der Waals surface area contributed by atoms with Crippen molar-refractivity contribution in [2.24, 2.45) is 16.0 Å². The lowest BCUT2D eigenvalue weighted by molar-refractivity contribution is -0.114. The van der Waals surface area contributed by atoms with Crippen LogP contribution in [-0.2, 0) is 4.79 Å². The number of hydrogen-bond acceptors (Lipinski definition) is 4. The molecule has 3 aliphatic rings. The largest absolute Gasteiger partial charge is 0.318 e. The van der Waals surface area contributed by atoms with Crippen molar-refractivity contribution in [3.63, 3.8) is 0 Å². The van der Waals surface area contributed by atoms with Gasteiger partial charge in [-0.25, -0.2) is 4.39 Å². The molecule has 1 aliphatic carbocycles. The average molecular weight is 484 g/mol. The molecular weight excluding hydrogens is 461 g/mol. The molecule has 33 heavy (non-hydrogen) atoms. The van der Waals surface area contributed by atoms with E-state index in [9.17, 15) is 9.18 Å². The lowest BCUT2D eigenvalue weighted by Gasteiger charge is -2.20. The van der Waals surface area contributed by atoms with Crippen molar-refractivity contribution in [2.45, 2.75) is 46.0 Å². The Morgan fingerprint density at radius 2 is 1.97 bits per heavy atom. The second kappa shape index (κ2) is 8.57. The van der Waals surface area contributed by atoms with Gasteiger partial charge in [0.1, 0.15) is 10.9 Å². The highest BCUT2D eigenvalue weighted by Crippen LogP contribution is 2.36. The Bertz CT molecular complexity index is 1270. The lowest BCUT2D eigenvalue weighted by Crippen LogP contribution is -2.35. The molecule has 1 aromatic heterocycles. The van der Waals surface area contributed by atoms with E-state index in [1.807, 2.05) is 24.5 Å². The fourth-order valence-electron chi connectivity index (χ4n) is 4.63. The second-order valence-electron chi connectivity index (χ2n) is 8.55. The van der Waals surface area contributed by atoms with Gasteiger partial charge in [0.2, 0.25) is 5.17 Å². The molecule has 170 valence electrons. The predicted octanol–water partition coefficient (Wildman–Crippen LogP) is 6.09. The fourth-order valence-corrected chi connectivity index (χ4v) is 5.87. The molecule has 1 saturated carbocycles. The maximum Gasteiger partial charge on any atom is 0.283 e. The number of thioether (sulfide) groups is 1. The number of nitrogens with zero attached hydrogens (tertiary/aromatic N) is 4. The Kier molecular flexibility index (Phi) is 5.74. The van der Waals surface area contributed by atoms with Crippen LogP contribution in [0.15, 0.2) is 39.9 Å². The van der Waals surface area contributed by atoms with Crippen LogP contribution in [0.1, 0.15) is 49.1 Å². The first-order chi connectivity index (χ1) is 15.8. The SMILES string of the molecule is Cc1cc(C=C2C(=N)N3N=C(C4CCCCC4)SC3=NC2=O)c(C)n1-c1ccc(F)c(Cl)c1.